The van der Waals surface area contributed by atoms with Gasteiger partial charge < -0.3 is 5.32 Å². The minimum Gasteiger partial charge on any atom is -0.367 e. The normalized spacial score (nSPS) is 19.0. The molecule has 4 nitrogen and oxygen atoms in total. The average Bonchev–Trinajstić information content (AvgIpc) is 2.81. The second kappa shape index (κ2) is 5.07. The Labute approximate surface area is 90.7 Å². The molecular formula is C11H18N4. The van der Waals surface area contributed by atoms with Crippen molar-refractivity contribution in [1.82, 2.24) is 14.9 Å². The van der Waals surface area contributed by atoms with Crippen molar-refractivity contribution in [3.63, 3.8) is 0 Å². The number of likely N-dealkylation sites (tertiary alicyclic amines) is 1. The zero-order valence-electron chi connectivity index (χ0n) is 9.19. The Balaban J connectivity index is 1.77. The van der Waals surface area contributed by atoms with Gasteiger partial charge in [0.15, 0.2) is 0 Å². The minimum absolute atomic E-state index is 0.578. The number of aromatic nitrogens is 2. The maximum Gasteiger partial charge on any atom is 0.144 e. The lowest BCUT2D eigenvalue weighted by Gasteiger charge is -2.23. The summed E-state index contributed by atoms with van der Waals surface area (Å²) >= 11 is 0. The van der Waals surface area contributed by atoms with E-state index in [1.54, 1.807) is 18.6 Å². The highest BCUT2D eigenvalue weighted by Gasteiger charge is 2.17. The summed E-state index contributed by atoms with van der Waals surface area (Å²) in [5.74, 6) is 0.864. The average molecular weight is 206 g/mol. The van der Waals surface area contributed by atoms with E-state index in [1.165, 1.54) is 25.9 Å². The summed E-state index contributed by atoms with van der Waals surface area (Å²) in [5.41, 5.74) is 0. The van der Waals surface area contributed by atoms with Crippen LogP contribution in [0.15, 0.2) is 18.6 Å². The highest BCUT2D eigenvalue weighted by Crippen LogP contribution is 2.11. The molecule has 0 bridgehead atoms. The third kappa shape index (κ3) is 2.89. The van der Waals surface area contributed by atoms with Gasteiger partial charge in [-0.3, -0.25) is 9.88 Å². The lowest BCUT2D eigenvalue weighted by molar-refractivity contribution is 0.269. The highest BCUT2D eigenvalue weighted by molar-refractivity contribution is 5.29. The second-order valence-corrected chi connectivity index (χ2v) is 4.06. The third-order valence-corrected chi connectivity index (χ3v) is 2.91. The van der Waals surface area contributed by atoms with Gasteiger partial charge in [0.2, 0.25) is 0 Å². The van der Waals surface area contributed by atoms with Gasteiger partial charge in [0.25, 0.3) is 0 Å². The van der Waals surface area contributed by atoms with Gasteiger partial charge in [-0.15, -0.1) is 0 Å². The van der Waals surface area contributed by atoms with Crippen molar-refractivity contribution >= 4 is 5.82 Å². The molecule has 1 unspecified atom stereocenters. The molecule has 1 atom stereocenters. The molecule has 2 rings (SSSR count). The van der Waals surface area contributed by atoms with Gasteiger partial charge in [0.1, 0.15) is 5.82 Å². The number of nitrogens with one attached hydrogen (secondary N) is 1. The Hall–Kier alpha value is -1.16. The Kier molecular flexibility index (Phi) is 3.50. The quantitative estimate of drug-likeness (QED) is 0.808. The van der Waals surface area contributed by atoms with E-state index in [4.69, 9.17) is 0 Å². The number of hydrogen-bond acceptors (Lipinski definition) is 4. The van der Waals surface area contributed by atoms with Crippen LogP contribution in [0.2, 0.25) is 0 Å². The van der Waals surface area contributed by atoms with E-state index in [-0.39, 0.29) is 0 Å². The van der Waals surface area contributed by atoms with E-state index >= 15 is 0 Å². The summed E-state index contributed by atoms with van der Waals surface area (Å²) in [5, 5.41) is 3.31. The van der Waals surface area contributed by atoms with Crippen LogP contribution >= 0.6 is 0 Å². The van der Waals surface area contributed by atoms with E-state index in [0.29, 0.717) is 6.04 Å². The molecule has 0 amide bonds. The molecule has 1 saturated heterocycles. The maximum atomic E-state index is 4.19. The summed E-state index contributed by atoms with van der Waals surface area (Å²) < 4.78 is 0. The molecule has 1 aliphatic heterocycles. The van der Waals surface area contributed by atoms with Gasteiger partial charge in [0.05, 0.1) is 6.20 Å². The Morgan fingerprint density at radius 1 is 1.40 bits per heavy atom. The van der Waals surface area contributed by atoms with Crippen molar-refractivity contribution in [3.8, 4) is 0 Å². The summed E-state index contributed by atoms with van der Waals surface area (Å²) in [6.07, 6.45) is 7.85. The molecule has 1 aliphatic rings. The van der Waals surface area contributed by atoms with Crippen LogP contribution in [0.25, 0.3) is 0 Å². The first-order valence-corrected chi connectivity index (χ1v) is 5.60. The number of hydrogen-bond donors (Lipinski definition) is 1. The number of rotatable bonds is 4. The van der Waals surface area contributed by atoms with Crippen LogP contribution in [-0.2, 0) is 0 Å². The third-order valence-electron chi connectivity index (χ3n) is 2.91. The van der Waals surface area contributed by atoms with Gasteiger partial charge >= 0.3 is 0 Å². The molecule has 82 valence electrons. The molecule has 0 saturated carbocycles. The Morgan fingerprint density at radius 2 is 2.20 bits per heavy atom. The van der Waals surface area contributed by atoms with Crippen LogP contribution in [0.4, 0.5) is 5.82 Å². The zero-order valence-corrected chi connectivity index (χ0v) is 9.19. The predicted molar refractivity (Wildman–Crippen MR) is 60.8 cm³/mol. The molecule has 0 radical (unpaired) electrons. The number of anilines is 1. The molecule has 0 aliphatic carbocycles. The molecule has 0 aromatic carbocycles. The molecule has 1 N–H and O–H groups in total. The van der Waals surface area contributed by atoms with E-state index in [9.17, 15) is 0 Å². The zero-order chi connectivity index (χ0) is 10.5. The molecular weight excluding hydrogens is 188 g/mol. The van der Waals surface area contributed by atoms with Crippen LogP contribution in [0.3, 0.4) is 0 Å². The van der Waals surface area contributed by atoms with Crippen LogP contribution in [-0.4, -0.2) is 40.5 Å². The monoisotopic (exact) mass is 206 g/mol. The first-order chi connectivity index (χ1) is 7.36. The lowest BCUT2D eigenvalue weighted by atomic mass is 10.3. The number of nitrogens with zero attached hydrogens (tertiary/aromatic N) is 3. The van der Waals surface area contributed by atoms with Gasteiger partial charge in [-0.25, -0.2) is 4.98 Å². The van der Waals surface area contributed by atoms with Crippen LogP contribution in [0.1, 0.15) is 19.8 Å². The summed E-state index contributed by atoms with van der Waals surface area (Å²) in [7, 11) is 0. The molecule has 15 heavy (non-hydrogen) atoms. The van der Waals surface area contributed by atoms with Crippen molar-refractivity contribution < 1.29 is 0 Å². The molecule has 1 aromatic heterocycles. The SMILES string of the molecule is CC(CNc1cnccn1)N1CCCC1. The summed E-state index contributed by atoms with van der Waals surface area (Å²) in [4.78, 5) is 10.7. The molecule has 1 aromatic rings. The molecule has 1 fully saturated rings. The van der Waals surface area contributed by atoms with Gasteiger partial charge in [-0.05, 0) is 32.9 Å². The first-order valence-electron chi connectivity index (χ1n) is 5.60. The van der Waals surface area contributed by atoms with E-state index in [2.05, 4.69) is 27.1 Å². The molecule has 0 spiro atoms. The van der Waals surface area contributed by atoms with Gasteiger partial charge in [-0.1, -0.05) is 0 Å². The van der Waals surface area contributed by atoms with Crippen molar-refractivity contribution in [2.75, 3.05) is 25.0 Å². The molecule has 4 heteroatoms. The van der Waals surface area contributed by atoms with E-state index < -0.39 is 0 Å². The second-order valence-electron chi connectivity index (χ2n) is 4.06. The predicted octanol–water partition coefficient (Wildman–Crippen LogP) is 1.37. The van der Waals surface area contributed by atoms with E-state index in [0.717, 1.165) is 12.4 Å². The maximum absolute atomic E-state index is 4.19. The van der Waals surface area contributed by atoms with Gasteiger partial charge in [-0.2, -0.15) is 0 Å². The summed E-state index contributed by atoms with van der Waals surface area (Å²) in [6, 6.07) is 0.578. The largest absolute Gasteiger partial charge is 0.367 e. The van der Waals surface area contributed by atoms with Crippen LogP contribution < -0.4 is 5.32 Å². The van der Waals surface area contributed by atoms with Crippen molar-refractivity contribution in [3.05, 3.63) is 18.6 Å². The summed E-state index contributed by atoms with van der Waals surface area (Å²) in [6.45, 7) is 5.68. The van der Waals surface area contributed by atoms with Crippen LogP contribution in [0.5, 0.6) is 0 Å². The Bertz CT molecular complexity index is 282. The topological polar surface area (TPSA) is 41.1 Å². The standard InChI is InChI=1S/C11H18N4/c1-10(15-6-2-3-7-15)8-14-11-9-12-4-5-13-11/h4-5,9-10H,2-3,6-8H2,1H3,(H,13,14). The van der Waals surface area contributed by atoms with Gasteiger partial charge in [0, 0.05) is 25.0 Å². The van der Waals surface area contributed by atoms with Crippen molar-refractivity contribution in [2.45, 2.75) is 25.8 Å². The first kappa shape index (κ1) is 10.4. The fraction of sp³-hybridized carbons (Fsp3) is 0.636. The Morgan fingerprint density at radius 3 is 2.87 bits per heavy atom. The highest BCUT2D eigenvalue weighted by atomic mass is 15.2. The fourth-order valence-electron chi connectivity index (χ4n) is 1.95. The molecule has 2 heterocycles. The lowest BCUT2D eigenvalue weighted by Crippen LogP contribution is -2.35. The fourth-order valence-corrected chi connectivity index (χ4v) is 1.95. The smallest absolute Gasteiger partial charge is 0.144 e. The van der Waals surface area contributed by atoms with Crippen molar-refractivity contribution in [1.29, 1.82) is 0 Å². The van der Waals surface area contributed by atoms with Crippen LogP contribution in [0, 0.1) is 0 Å². The van der Waals surface area contributed by atoms with E-state index in [1.807, 2.05) is 0 Å². The van der Waals surface area contributed by atoms with Crippen molar-refractivity contribution in [2.24, 2.45) is 0 Å². The minimum atomic E-state index is 0.578.